The maximum atomic E-state index is 11.2. The summed E-state index contributed by atoms with van der Waals surface area (Å²) in [6.07, 6.45) is 6.10. The van der Waals surface area contributed by atoms with Crippen LogP contribution in [0.1, 0.15) is 36.0 Å². The highest BCUT2D eigenvalue weighted by molar-refractivity contribution is 6.38. The molecular formula is C19H23ClN2O4. The van der Waals surface area contributed by atoms with Crippen molar-refractivity contribution in [3.8, 4) is 11.5 Å². The van der Waals surface area contributed by atoms with Crippen molar-refractivity contribution in [3.63, 3.8) is 0 Å². The van der Waals surface area contributed by atoms with Gasteiger partial charge in [-0.15, -0.1) is 0 Å². The van der Waals surface area contributed by atoms with Crippen molar-refractivity contribution in [2.24, 2.45) is 0 Å². The van der Waals surface area contributed by atoms with Gasteiger partial charge in [-0.1, -0.05) is 18.0 Å². The Bertz CT molecular complexity index is 791. The average molecular weight is 379 g/mol. The van der Waals surface area contributed by atoms with Gasteiger partial charge in [0.1, 0.15) is 0 Å². The molecule has 2 heterocycles. The summed E-state index contributed by atoms with van der Waals surface area (Å²) < 4.78 is 11.3. The van der Waals surface area contributed by atoms with Gasteiger partial charge in [-0.3, -0.25) is 4.98 Å². The smallest absolute Gasteiger partial charge is 0.338 e. The third kappa shape index (κ3) is 4.19. The first-order valence-corrected chi connectivity index (χ1v) is 9.22. The molecule has 7 heteroatoms. The number of hydrogen-bond acceptors (Lipinski definition) is 5. The van der Waals surface area contributed by atoms with Crippen LogP contribution >= 0.6 is 11.6 Å². The van der Waals surface area contributed by atoms with E-state index in [0.29, 0.717) is 29.0 Å². The summed E-state index contributed by atoms with van der Waals surface area (Å²) in [5, 5.41) is 9.85. The molecule has 0 unspecified atom stereocenters. The summed E-state index contributed by atoms with van der Waals surface area (Å²) in [7, 11) is 1.55. The number of halogens is 1. The summed E-state index contributed by atoms with van der Waals surface area (Å²) in [5.74, 6) is -0.00611. The maximum absolute atomic E-state index is 11.2. The van der Waals surface area contributed by atoms with Gasteiger partial charge in [0.2, 0.25) is 0 Å². The minimum atomic E-state index is -1.11. The van der Waals surface area contributed by atoms with E-state index in [1.54, 1.807) is 19.2 Å². The number of carbonyl (C=O) groups is 1. The predicted molar refractivity (Wildman–Crippen MR) is 101 cm³/mol. The van der Waals surface area contributed by atoms with Crippen LogP contribution in [-0.4, -0.2) is 54.3 Å². The first-order valence-electron chi connectivity index (χ1n) is 8.85. The molecule has 0 amide bonds. The van der Waals surface area contributed by atoms with Gasteiger partial charge in [0.05, 0.1) is 29.8 Å². The minimum absolute atomic E-state index is 0.0311. The lowest BCUT2D eigenvalue weighted by Crippen LogP contribution is -2.31. The van der Waals surface area contributed by atoms with E-state index in [4.69, 9.17) is 21.1 Å². The van der Waals surface area contributed by atoms with Crippen LogP contribution in [0.4, 0.5) is 0 Å². The largest absolute Gasteiger partial charge is 0.493 e. The molecule has 0 radical (unpaired) electrons. The molecule has 0 saturated carbocycles. The monoisotopic (exact) mass is 378 g/mol. The van der Waals surface area contributed by atoms with Crippen LogP contribution in [0.15, 0.2) is 18.3 Å². The lowest BCUT2D eigenvalue weighted by atomic mass is 10.1. The predicted octanol–water partition coefficient (Wildman–Crippen LogP) is 3.85. The van der Waals surface area contributed by atoms with E-state index in [2.05, 4.69) is 9.88 Å². The Kier molecular flexibility index (Phi) is 6.16. The molecule has 26 heavy (non-hydrogen) atoms. The van der Waals surface area contributed by atoms with E-state index < -0.39 is 5.97 Å². The third-order valence-corrected chi connectivity index (χ3v) is 5.05. The molecule has 140 valence electrons. The lowest BCUT2D eigenvalue weighted by molar-refractivity contribution is 0.0697. The number of piperidine rings is 1. The molecule has 1 fully saturated rings. The average Bonchev–Trinajstić information content (AvgIpc) is 2.65. The number of carboxylic acid groups (broad SMARTS) is 1. The molecule has 0 bridgehead atoms. The van der Waals surface area contributed by atoms with E-state index in [1.165, 1.54) is 38.5 Å². The Morgan fingerprint density at radius 3 is 2.73 bits per heavy atom. The molecule has 1 saturated heterocycles. The molecule has 1 aliphatic rings. The van der Waals surface area contributed by atoms with Gasteiger partial charge in [0.15, 0.2) is 11.5 Å². The highest BCUT2D eigenvalue weighted by Gasteiger charge is 2.16. The number of benzene rings is 1. The molecule has 1 aromatic heterocycles. The quantitative estimate of drug-likeness (QED) is 0.738. The number of aromatic nitrogens is 1. The van der Waals surface area contributed by atoms with Gasteiger partial charge in [-0.2, -0.15) is 0 Å². The van der Waals surface area contributed by atoms with Crippen molar-refractivity contribution in [2.45, 2.75) is 25.7 Å². The highest BCUT2D eigenvalue weighted by Crippen LogP contribution is 2.35. The molecule has 1 aromatic carbocycles. The topological polar surface area (TPSA) is 71.9 Å². The van der Waals surface area contributed by atoms with Gasteiger partial charge >= 0.3 is 5.97 Å². The van der Waals surface area contributed by atoms with E-state index >= 15 is 0 Å². The van der Waals surface area contributed by atoms with Crippen molar-refractivity contribution in [1.29, 1.82) is 0 Å². The Morgan fingerprint density at radius 2 is 2.04 bits per heavy atom. The van der Waals surface area contributed by atoms with Crippen LogP contribution in [0.5, 0.6) is 11.5 Å². The number of carboxylic acids is 1. The number of methoxy groups -OCH3 is 1. The lowest BCUT2D eigenvalue weighted by Gasteiger charge is -2.26. The van der Waals surface area contributed by atoms with Gasteiger partial charge in [0, 0.05) is 24.2 Å². The summed E-state index contributed by atoms with van der Waals surface area (Å²) >= 11 is 6.21. The summed E-state index contributed by atoms with van der Waals surface area (Å²) in [6, 6.07) is 3.42. The second-order valence-electron chi connectivity index (χ2n) is 6.42. The summed E-state index contributed by atoms with van der Waals surface area (Å²) in [4.78, 5) is 17.9. The fraction of sp³-hybridized carbons (Fsp3) is 0.474. The number of rotatable bonds is 7. The maximum Gasteiger partial charge on any atom is 0.338 e. The Balaban J connectivity index is 1.71. The van der Waals surface area contributed by atoms with E-state index in [0.717, 1.165) is 13.0 Å². The molecule has 6 nitrogen and oxygen atoms in total. The van der Waals surface area contributed by atoms with Crippen molar-refractivity contribution in [1.82, 2.24) is 9.88 Å². The van der Waals surface area contributed by atoms with Gasteiger partial charge in [0.25, 0.3) is 0 Å². The van der Waals surface area contributed by atoms with Crippen LogP contribution in [0.25, 0.3) is 10.9 Å². The standard InChI is InChI=1S/C19H23ClN2O4/c1-25-16-10-13-15(21-12-14(18(13)20)19(23)24)11-17(16)26-9-5-8-22-6-3-2-4-7-22/h10-12H,2-9H2,1H3,(H,23,24). The molecule has 3 rings (SSSR count). The zero-order chi connectivity index (χ0) is 18.5. The SMILES string of the molecule is COc1cc2c(Cl)c(C(=O)O)cnc2cc1OCCCN1CCCCC1. The normalized spacial score (nSPS) is 15.2. The van der Waals surface area contributed by atoms with E-state index in [-0.39, 0.29) is 10.6 Å². The van der Waals surface area contributed by atoms with Crippen LogP contribution < -0.4 is 9.47 Å². The van der Waals surface area contributed by atoms with E-state index in [9.17, 15) is 9.90 Å². The Labute approximate surface area is 157 Å². The van der Waals surface area contributed by atoms with Crippen molar-refractivity contribution >= 4 is 28.5 Å². The van der Waals surface area contributed by atoms with Crippen LogP contribution in [-0.2, 0) is 0 Å². The Morgan fingerprint density at radius 1 is 1.27 bits per heavy atom. The van der Waals surface area contributed by atoms with Gasteiger partial charge < -0.3 is 19.5 Å². The van der Waals surface area contributed by atoms with Crippen LogP contribution in [0, 0.1) is 0 Å². The van der Waals surface area contributed by atoms with Gasteiger partial charge in [-0.25, -0.2) is 4.79 Å². The number of nitrogens with zero attached hydrogens (tertiary/aromatic N) is 2. The fourth-order valence-electron chi connectivity index (χ4n) is 3.24. The number of aromatic carboxylic acids is 1. The molecule has 2 aromatic rings. The first-order chi connectivity index (χ1) is 12.6. The van der Waals surface area contributed by atoms with Crippen molar-refractivity contribution in [2.75, 3.05) is 33.4 Å². The fourth-order valence-corrected chi connectivity index (χ4v) is 3.52. The molecule has 0 atom stereocenters. The van der Waals surface area contributed by atoms with E-state index in [1.807, 2.05) is 0 Å². The van der Waals surface area contributed by atoms with Crippen molar-refractivity contribution in [3.05, 3.63) is 28.9 Å². The molecular weight excluding hydrogens is 356 g/mol. The molecule has 1 aliphatic heterocycles. The number of hydrogen-bond donors (Lipinski definition) is 1. The van der Waals surface area contributed by atoms with Gasteiger partial charge in [-0.05, 0) is 38.4 Å². The number of likely N-dealkylation sites (tertiary alicyclic amines) is 1. The third-order valence-electron chi connectivity index (χ3n) is 4.64. The molecule has 0 aliphatic carbocycles. The van der Waals surface area contributed by atoms with Crippen LogP contribution in [0.3, 0.4) is 0 Å². The Hall–Kier alpha value is -2.05. The number of fused-ring (bicyclic) bond motifs is 1. The number of ether oxygens (including phenoxy) is 2. The second kappa shape index (κ2) is 8.56. The zero-order valence-electron chi connectivity index (χ0n) is 14.8. The molecule has 1 N–H and O–H groups in total. The summed E-state index contributed by atoms with van der Waals surface area (Å²) in [5.41, 5.74) is 0.545. The molecule has 0 spiro atoms. The van der Waals surface area contributed by atoms with Crippen molar-refractivity contribution < 1.29 is 19.4 Å². The number of pyridine rings is 1. The second-order valence-corrected chi connectivity index (χ2v) is 6.79. The first kappa shape index (κ1) is 18.7. The highest BCUT2D eigenvalue weighted by atomic mass is 35.5. The minimum Gasteiger partial charge on any atom is -0.493 e. The van der Waals surface area contributed by atoms with Crippen LogP contribution in [0.2, 0.25) is 5.02 Å². The summed E-state index contributed by atoms with van der Waals surface area (Å²) in [6.45, 7) is 3.96. The zero-order valence-corrected chi connectivity index (χ0v) is 15.6.